The van der Waals surface area contributed by atoms with Crippen molar-refractivity contribution in [3.63, 3.8) is 0 Å². The highest BCUT2D eigenvalue weighted by atomic mass is 19.1. The van der Waals surface area contributed by atoms with Crippen LogP contribution in [-0.4, -0.2) is 11.8 Å². The Morgan fingerprint density at radius 3 is 2.04 bits per heavy atom. The Morgan fingerprint density at radius 1 is 0.913 bits per heavy atom. The van der Waals surface area contributed by atoms with Gasteiger partial charge in [0.15, 0.2) is 0 Å². The van der Waals surface area contributed by atoms with Gasteiger partial charge in [0.2, 0.25) is 5.91 Å². The number of halogens is 2. The van der Waals surface area contributed by atoms with Crippen LogP contribution in [0.3, 0.4) is 0 Å². The smallest absolute Gasteiger partial charge is 0.258 e. The highest BCUT2D eigenvalue weighted by Crippen LogP contribution is 2.17. The predicted molar refractivity (Wildman–Crippen MR) is 84.2 cm³/mol. The van der Waals surface area contributed by atoms with E-state index in [0.717, 1.165) is 18.2 Å². The van der Waals surface area contributed by atoms with E-state index in [2.05, 4.69) is 10.6 Å². The van der Waals surface area contributed by atoms with Crippen molar-refractivity contribution in [2.24, 2.45) is 5.92 Å². The van der Waals surface area contributed by atoms with Crippen LogP contribution in [0.4, 0.5) is 20.2 Å². The first kappa shape index (κ1) is 16.6. The molecule has 120 valence electrons. The zero-order chi connectivity index (χ0) is 17.0. The average Bonchev–Trinajstić information content (AvgIpc) is 2.51. The second-order valence-corrected chi connectivity index (χ2v) is 5.30. The van der Waals surface area contributed by atoms with Crippen LogP contribution < -0.4 is 10.6 Å². The summed E-state index contributed by atoms with van der Waals surface area (Å²) in [6, 6.07) is 9.01. The molecule has 4 nitrogen and oxygen atoms in total. The highest BCUT2D eigenvalue weighted by Gasteiger charge is 2.13. The van der Waals surface area contributed by atoms with Crippen LogP contribution in [0.25, 0.3) is 0 Å². The molecule has 0 heterocycles. The maximum absolute atomic E-state index is 13.5. The van der Waals surface area contributed by atoms with Gasteiger partial charge in [0, 0.05) is 17.3 Å². The van der Waals surface area contributed by atoms with E-state index in [4.69, 9.17) is 0 Å². The van der Waals surface area contributed by atoms with Crippen LogP contribution in [0, 0.1) is 17.6 Å². The van der Waals surface area contributed by atoms with Gasteiger partial charge in [-0.25, -0.2) is 8.78 Å². The molecule has 2 aromatic rings. The molecular formula is C17H16F2N2O2. The molecule has 0 aromatic heterocycles. The lowest BCUT2D eigenvalue weighted by Gasteiger charge is -2.09. The van der Waals surface area contributed by atoms with Crippen molar-refractivity contribution in [3.8, 4) is 0 Å². The Morgan fingerprint density at radius 2 is 1.48 bits per heavy atom. The van der Waals surface area contributed by atoms with Crippen LogP contribution in [0.5, 0.6) is 0 Å². The number of nitrogens with one attached hydrogen (secondary N) is 2. The predicted octanol–water partition coefficient (Wildman–Crippen LogP) is 3.81. The monoisotopic (exact) mass is 318 g/mol. The standard InChI is InChI=1S/C17H16F2N2O2/c1-10(2)16(22)20-12-4-6-13(7-5-12)21-17(23)14-9-11(18)3-8-15(14)19/h3-10H,1-2H3,(H,20,22)(H,21,23). The molecule has 0 fully saturated rings. The van der Waals surface area contributed by atoms with Crippen molar-refractivity contribution in [3.05, 3.63) is 59.7 Å². The number of rotatable bonds is 4. The van der Waals surface area contributed by atoms with Crippen molar-refractivity contribution in [1.29, 1.82) is 0 Å². The minimum atomic E-state index is -0.801. The molecule has 0 aliphatic rings. The van der Waals surface area contributed by atoms with E-state index >= 15 is 0 Å². The molecule has 2 amide bonds. The number of hydrogen-bond donors (Lipinski definition) is 2. The lowest BCUT2D eigenvalue weighted by atomic mass is 10.1. The fourth-order valence-electron chi connectivity index (χ4n) is 1.79. The van der Waals surface area contributed by atoms with E-state index in [9.17, 15) is 18.4 Å². The third kappa shape index (κ3) is 4.35. The minimum Gasteiger partial charge on any atom is -0.326 e. The molecular weight excluding hydrogens is 302 g/mol. The summed E-state index contributed by atoms with van der Waals surface area (Å²) in [7, 11) is 0. The lowest BCUT2D eigenvalue weighted by Crippen LogP contribution is -2.17. The third-order valence-electron chi connectivity index (χ3n) is 3.11. The maximum Gasteiger partial charge on any atom is 0.258 e. The van der Waals surface area contributed by atoms with Gasteiger partial charge in [0.1, 0.15) is 11.6 Å². The quantitative estimate of drug-likeness (QED) is 0.900. The average molecular weight is 318 g/mol. The van der Waals surface area contributed by atoms with Crippen molar-refractivity contribution in [2.45, 2.75) is 13.8 Å². The summed E-state index contributed by atoms with van der Waals surface area (Å²) in [6.07, 6.45) is 0. The van der Waals surface area contributed by atoms with Gasteiger partial charge in [-0.2, -0.15) is 0 Å². The first-order valence-electron chi connectivity index (χ1n) is 7.04. The molecule has 2 aromatic carbocycles. The summed E-state index contributed by atoms with van der Waals surface area (Å²) in [5, 5.41) is 5.18. The Hall–Kier alpha value is -2.76. The van der Waals surface area contributed by atoms with Gasteiger partial charge in [-0.15, -0.1) is 0 Å². The second kappa shape index (κ2) is 7.00. The summed E-state index contributed by atoms with van der Waals surface area (Å²) in [5.41, 5.74) is 0.613. The van der Waals surface area contributed by atoms with Crippen LogP contribution in [-0.2, 0) is 4.79 Å². The molecule has 2 rings (SSSR count). The second-order valence-electron chi connectivity index (χ2n) is 5.30. The molecule has 0 unspecified atom stereocenters. The minimum absolute atomic E-state index is 0.122. The number of benzene rings is 2. The van der Waals surface area contributed by atoms with Crippen molar-refractivity contribution < 1.29 is 18.4 Å². The molecule has 6 heteroatoms. The van der Waals surface area contributed by atoms with Crippen molar-refractivity contribution >= 4 is 23.2 Å². The number of carbonyl (C=O) groups excluding carboxylic acids is 2. The molecule has 0 saturated carbocycles. The molecule has 0 radical (unpaired) electrons. The summed E-state index contributed by atoms with van der Waals surface area (Å²) >= 11 is 0. The molecule has 0 bridgehead atoms. The Bertz CT molecular complexity index is 728. The zero-order valence-corrected chi connectivity index (χ0v) is 12.7. The van der Waals surface area contributed by atoms with Crippen molar-refractivity contribution in [1.82, 2.24) is 0 Å². The summed E-state index contributed by atoms with van der Waals surface area (Å²) in [5.74, 6) is -2.51. The molecule has 0 saturated heterocycles. The van der Waals surface area contributed by atoms with Gasteiger partial charge in [0.25, 0.3) is 5.91 Å². The number of carbonyl (C=O) groups is 2. The van der Waals surface area contributed by atoms with E-state index in [1.807, 2.05) is 0 Å². The van der Waals surface area contributed by atoms with Gasteiger partial charge in [-0.05, 0) is 42.5 Å². The van der Waals surface area contributed by atoms with Crippen LogP contribution >= 0.6 is 0 Å². The Labute approximate surface area is 132 Å². The summed E-state index contributed by atoms with van der Waals surface area (Å²) < 4.78 is 26.6. The van der Waals surface area contributed by atoms with E-state index in [1.165, 1.54) is 0 Å². The fourth-order valence-corrected chi connectivity index (χ4v) is 1.79. The first-order valence-corrected chi connectivity index (χ1v) is 7.04. The van der Waals surface area contributed by atoms with Gasteiger partial charge in [-0.1, -0.05) is 13.8 Å². The maximum atomic E-state index is 13.5. The van der Waals surface area contributed by atoms with E-state index < -0.39 is 17.5 Å². The van der Waals surface area contributed by atoms with E-state index in [1.54, 1.807) is 38.1 Å². The topological polar surface area (TPSA) is 58.2 Å². The largest absolute Gasteiger partial charge is 0.326 e. The SMILES string of the molecule is CC(C)C(=O)Nc1ccc(NC(=O)c2cc(F)ccc2F)cc1. The van der Waals surface area contributed by atoms with Gasteiger partial charge < -0.3 is 10.6 Å². The summed E-state index contributed by atoms with van der Waals surface area (Å²) in [6.45, 7) is 3.55. The third-order valence-corrected chi connectivity index (χ3v) is 3.11. The fraction of sp³-hybridized carbons (Fsp3) is 0.176. The molecule has 2 N–H and O–H groups in total. The van der Waals surface area contributed by atoms with Crippen LogP contribution in [0.2, 0.25) is 0 Å². The highest BCUT2D eigenvalue weighted by molar-refractivity contribution is 6.04. The Kier molecular flexibility index (Phi) is 5.05. The Balaban J connectivity index is 2.07. The zero-order valence-electron chi connectivity index (χ0n) is 12.7. The normalized spacial score (nSPS) is 10.5. The van der Waals surface area contributed by atoms with Gasteiger partial charge >= 0.3 is 0 Å². The number of anilines is 2. The molecule has 0 aliphatic heterocycles. The molecule has 23 heavy (non-hydrogen) atoms. The first-order chi connectivity index (χ1) is 10.9. The lowest BCUT2D eigenvalue weighted by molar-refractivity contribution is -0.118. The molecule has 0 spiro atoms. The summed E-state index contributed by atoms with van der Waals surface area (Å²) in [4.78, 5) is 23.5. The van der Waals surface area contributed by atoms with Gasteiger partial charge in [0.05, 0.1) is 5.56 Å². The number of hydrogen-bond acceptors (Lipinski definition) is 2. The van der Waals surface area contributed by atoms with Crippen LogP contribution in [0.15, 0.2) is 42.5 Å². The van der Waals surface area contributed by atoms with Crippen LogP contribution in [0.1, 0.15) is 24.2 Å². The van der Waals surface area contributed by atoms with E-state index in [-0.39, 0.29) is 17.4 Å². The molecule has 0 atom stereocenters. The molecule has 0 aliphatic carbocycles. The number of amides is 2. The van der Waals surface area contributed by atoms with E-state index in [0.29, 0.717) is 11.4 Å². The van der Waals surface area contributed by atoms with Gasteiger partial charge in [-0.3, -0.25) is 9.59 Å². The van der Waals surface area contributed by atoms with Crippen molar-refractivity contribution in [2.75, 3.05) is 10.6 Å².